The van der Waals surface area contributed by atoms with Crippen molar-refractivity contribution in [1.29, 1.82) is 0 Å². The Hall–Kier alpha value is -3.83. The Morgan fingerprint density at radius 2 is 2.00 bits per heavy atom. The topological polar surface area (TPSA) is 128 Å². The van der Waals surface area contributed by atoms with Crippen molar-refractivity contribution in [3.8, 4) is 0 Å². The molecule has 0 saturated heterocycles. The average Bonchev–Trinajstić information content (AvgIpc) is 3.13. The third kappa shape index (κ3) is 4.26. The summed E-state index contributed by atoms with van der Waals surface area (Å²) >= 11 is 0. The van der Waals surface area contributed by atoms with E-state index >= 15 is 0 Å². The van der Waals surface area contributed by atoms with E-state index in [1.54, 1.807) is 6.92 Å². The van der Waals surface area contributed by atoms with Gasteiger partial charge in [0.05, 0.1) is 12.1 Å². The molecule has 3 rings (SSSR count). The van der Waals surface area contributed by atoms with E-state index in [0.29, 0.717) is 5.56 Å². The van der Waals surface area contributed by atoms with E-state index in [9.17, 15) is 27.6 Å². The number of alkyl halides is 3. The first kappa shape index (κ1) is 20.9. The zero-order valence-electron chi connectivity index (χ0n) is 15.7. The first-order valence-electron chi connectivity index (χ1n) is 8.73. The Labute approximate surface area is 166 Å². The van der Waals surface area contributed by atoms with Crippen LogP contribution in [0.2, 0.25) is 0 Å². The SMILES string of the molecule is CCn1c(N)c(NC(=O)c2ccn(Cc3cccc(C(F)(F)F)c3)n2)c(=O)[nH]c1=O. The molecule has 0 aliphatic carbocycles. The molecule has 0 aliphatic rings. The Morgan fingerprint density at radius 3 is 2.67 bits per heavy atom. The summed E-state index contributed by atoms with van der Waals surface area (Å²) < 4.78 is 40.9. The van der Waals surface area contributed by atoms with Crippen molar-refractivity contribution in [1.82, 2.24) is 19.3 Å². The van der Waals surface area contributed by atoms with Crippen LogP contribution in [0.5, 0.6) is 0 Å². The van der Waals surface area contributed by atoms with Crippen LogP contribution in [0.1, 0.15) is 28.5 Å². The van der Waals surface area contributed by atoms with Gasteiger partial charge in [-0.2, -0.15) is 18.3 Å². The lowest BCUT2D eigenvalue weighted by molar-refractivity contribution is -0.137. The summed E-state index contributed by atoms with van der Waals surface area (Å²) in [6, 6.07) is 6.08. The number of anilines is 2. The molecule has 0 spiro atoms. The molecule has 0 atom stereocenters. The van der Waals surface area contributed by atoms with Gasteiger partial charge in [0, 0.05) is 12.7 Å². The number of rotatable bonds is 5. The van der Waals surface area contributed by atoms with E-state index in [2.05, 4.69) is 15.4 Å². The summed E-state index contributed by atoms with van der Waals surface area (Å²) in [5, 5.41) is 6.33. The first-order valence-corrected chi connectivity index (χ1v) is 8.73. The largest absolute Gasteiger partial charge is 0.416 e. The van der Waals surface area contributed by atoms with Gasteiger partial charge in [0.25, 0.3) is 11.5 Å². The van der Waals surface area contributed by atoms with Crippen molar-refractivity contribution in [3.05, 3.63) is 74.2 Å². The third-order valence-electron chi connectivity index (χ3n) is 4.27. The Kier molecular flexibility index (Phi) is 5.49. The number of nitrogens with one attached hydrogen (secondary N) is 2. The van der Waals surface area contributed by atoms with Gasteiger partial charge in [-0.25, -0.2) is 4.79 Å². The van der Waals surface area contributed by atoms with Gasteiger partial charge in [0.1, 0.15) is 11.5 Å². The molecule has 2 aromatic heterocycles. The van der Waals surface area contributed by atoms with Crippen molar-refractivity contribution in [3.63, 3.8) is 0 Å². The van der Waals surface area contributed by atoms with Crippen LogP contribution in [0.15, 0.2) is 46.1 Å². The Morgan fingerprint density at radius 1 is 1.27 bits per heavy atom. The molecule has 30 heavy (non-hydrogen) atoms. The minimum Gasteiger partial charge on any atom is -0.383 e. The molecule has 1 amide bonds. The molecule has 0 fully saturated rings. The zero-order chi connectivity index (χ0) is 22.1. The minimum atomic E-state index is -4.47. The molecule has 4 N–H and O–H groups in total. The van der Waals surface area contributed by atoms with E-state index < -0.39 is 28.9 Å². The molecule has 3 aromatic rings. The quantitative estimate of drug-likeness (QED) is 0.576. The second kappa shape index (κ2) is 7.89. The molecule has 9 nitrogen and oxygen atoms in total. The number of nitrogens with two attached hydrogens (primary N) is 1. The van der Waals surface area contributed by atoms with Gasteiger partial charge < -0.3 is 11.1 Å². The lowest BCUT2D eigenvalue weighted by Gasteiger charge is -2.11. The maximum atomic E-state index is 12.8. The number of amides is 1. The van der Waals surface area contributed by atoms with Crippen LogP contribution < -0.4 is 22.3 Å². The maximum absolute atomic E-state index is 12.8. The third-order valence-corrected chi connectivity index (χ3v) is 4.27. The number of nitrogens with zero attached hydrogens (tertiary/aromatic N) is 3. The highest BCUT2D eigenvalue weighted by Gasteiger charge is 2.30. The number of H-pyrrole nitrogens is 1. The second-order valence-electron chi connectivity index (χ2n) is 6.31. The predicted molar refractivity (Wildman–Crippen MR) is 102 cm³/mol. The fourth-order valence-corrected chi connectivity index (χ4v) is 2.80. The van der Waals surface area contributed by atoms with Crippen LogP contribution >= 0.6 is 0 Å². The van der Waals surface area contributed by atoms with Gasteiger partial charge in [-0.05, 0) is 30.7 Å². The number of hydrogen-bond acceptors (Lipinski definition) is 5. The van der Waals surface area contributed by atoms with E-state index in [0.717, 1.165) is 16.7 Å². The minimum absolute atomic E-state index is 0.000631. The van der Waals surface area contributed by atoms with Crippen LogP contribution in [0.3, 0.4) is 0 Å². The molecule has 12 heteroatoms. The van der Waals surface area contributed by atoms with Gasteiger partial charge in [0.15, 0.2) is 5.69 Å². The Bertz CT molecular complexity index is 1210. The smallest absolute Gasteiger partial charge is 0.383 e. The van der Waals surface area contributed by atoms with Gasteiger partial charge in [0.2, 0.25) is 0 Å². The number of nitrogen functional groups attached to an aromatic ring is 1. The van der Waals surface area contributed by atoms with Crippen molar-refractivity contribution in [2.24, 2.45) is 0 Å². The van der Waals surface area contributed by atoms with Gasteiger partial charge in [-0.3, -0.25) is 23.8 Å². The normalized spacial score (nSPS) is 11.5. The van der Waals surface area contributed by atoms with Gasteiger partial charge in [-0.1, -0.05) is 12.1 Å². The lowest BCUT2D eigenvalue weighted by atomic mass is 10.1. The van der Waals surface area contributed by atoms with E-state index in [1.807, 2.05) is 0 Å². The summed E-state index contributed by atoms with van der Waals surface area (Å²) in [6.07, 6.45) is -3.05. The zero-order valence-corrected chi connectivity index (χ0v) is 15.7. The maximum Gasteiger partial charge on any atom is 0.416 e. The number of carbonyl (C=O) groups is 1. The van der Waals surface area contributed by atoms with Crippen molar-refractivity contribution in [2.75, 3.05) is 11.1 Å². The van der Waals surface area contributed by atoms with Crippen LogP contribution in [-0.2, 0) is 19.3 Å². The highest BCUT2D eigenvalue weighted by atomic mass is 19.4. The first-order chi connectivity index (χ1) is 14.1. The standard InChI is InChI=1S/C18H17F3N6O3/c1-2-27-14(22)13(16(29)24-17(27)30)23-15(28)12-6-7-26(25-12)9-10-4-3-5-11(8-10)18(19,20)21/h3-8H,2,9,22H2,1H3,(H,23,28)(H,24,29,30). The molecule has 0 radical (unpaired) electrons. The lowest BCUT2D eigenvalue weighted by Crippen LogP contribution is -2.34. The van der Waals surface area contributed by atoms with E-state index in [4.69, 9.17) is 5.73 Å². The highest BCUT2D eigenvalue weighted by molar-refractivity contribution is 6.03. The van der Waals surface area contributed by atoms with Crippen LogP contribution in [-0.4, -0.2) is 25.2 Å². The van der Waals surface area contributed by atoms with Crippen LogP contribution in [0.25, 0.3) is 0 Å². The van der Waals surface area contributed by atoms with Crippen LogP contribution in [0, 0.1) is 0 Å². The monoisotopic (exact) mass is 422 g/mol. The fourth-order valence-electron chi connectivity index (χ4n) is 2.80. The highest BCUT2D eigenvalue weighted by Crippen LogP contribution is 2.29. The average molecular weight is 422 g/mol. The molecular formula is C18H17F3N6O3. The molecular weight excluding hydrogens is 405 g/mol. The van der Waals surface area contributed by atoms with E-state index in [1.165, 1.54) is 29.1 Å². The number of aromatic nitrogens is 4. The van der Waals surface area contributed by atoms with Crippen molar-refractivity contribution in [2.45, 2.75) is 26.2 Å². The predicted octanol–water partition coefficient (Wildman–Crippen LogP) is 1.65. The summed E-state index contributed by atoms with van der Waals surface area (Å²) in [5.74, 6) is -0.973. The summed E-state index contributed by atoms with van der Waals surface area (Å²) in [6.45, 7) is 1.81. The second-order valence-corrected chi connectivity index (χ2v) is 6.31. The molecule has 0 unspecified atom stereocenters. The van der Waals surface area contributed by atoms with Gasteiger partial charge in [-0.15, -0.1) is 0 Å². The summed E-state index contributed by atoms with van der Waals surface area (Å²) in [5.41, 5.74) is 3.39. The number of halogens is 3. The van der Waals surface area contributed by atoms with Crippen molar-refractivity contribution < 1.29 is 18.0 Å². The van der Waals surface area contributed by atoms with E-state index in [-0.39, 0.29) is 30.3 Å². The number of aromatic amines is 1. The Balaban J connectivity index is 1.80. The number of hydrogen-bond donors (Lipinski definition) is 3. The summed E-state index contributed by atoms with van der Waals surface area (Å²) in [4.78, 5) is 38.1. The number of carbonyl (C=O) groups excluding carboxylic acids is 1. The summed E-state index contributed by atoms with van der Waals surface area (Å²) in [7, 11) is 0. The fraction of sp³-hybridized carbons (Fsp3) is 0.222. The molecule has 0 saturated carbocycles. The molecule has 158 valence electrons. The molecule has 0 bridgehead atoms. The molecule has 2 heterocycles. The van der Waals surface area contributed by atoms with Crippen LogP contribution in [0.4, 0.5) is 24.7 Å². The van der Waals surface area contributed by atoms with Gasteiger partial charge >= 0.3 is 11.9 Å². The number of benzene rings is 1. The van der Waals surface area contributed by atoms with Crippen molar-refractivity contribution >= 4 is 17.4 Å². The molecule has 0 aliphatic heterocycles. The molecule has 1 aromatic carbocycles.